The Morgan fingerprint density at radius 2 is 1.59 bits per heavy atom. The molecule has 0 spiro atoms. The van der Waals surface area contributed by atoms with E-state index in [4.69, 9.17) is 0 Å². The Morgan fingerprint density at radius 1 is 0.941 bits per heavy atom. The molecule has 5 heteroatoms. The highest BCUT2D eigenvalue weighted by molar-refractivity contribution is 6.19. The molecule has 0 fully saturated rings. The largest absolute Gasteiger partial charge is 0.386 e. The fraction of sp³-hybridized carbons (Fsp3) is 0.333. The van der Waals surface area contributed by atoms with E-state index in [1.807, 2.05) is 44.1 Å². The van der Waals surface area contributed by atoms with E-state index in [2.05, 4.69) is 4.74 Å². The van der Waals surface area contributed by atoms with E-state index in [9.17, 15) is 9.59 Å². The van der Waals surface area contributed by atoms with Gasteiger partial charge in [-0.1, -0.05) is 0 Å². The van der Waals surface area contributed by atoms with Crippen molar-refractivity contribution >= 4 is 23.3 Å². The summed E-state index contributed by atoms with van der Waals surface area (Å²) in [6, 6.07) is 3.44. The fourth-order valence-corrected chi connectivity index (χ4v) is 1.96. The molecule has 0 saturated heterocycles. The maximum Gasteiger partial charge on any atom is 0.349 e. The van der Waals surface area contributed by atoms with Gasteiger partial charge >= 0.3 is 11.9 Å². The number of fused-ring (bicyclic) bond motifs is 1. The molecule has 1 heterocycles. The number of nitrogens with zero attached hydrogens (tertiary/aromatic N) is 2. The van der Waals surface area contributed by atoms with Crippen LogP contribution < -0.4 is 9.80 Å². The molecule has 0 atom stereocenters. The van der Waals surface area contributed by atoms with Gasteiger partial charge in [-0.3, -0.25) is 0 Å². The molecule has 0 saturated carbocycles. The normalized spacial score (nSPS) is 13.4. The van der Waals surface area contributed by atoms with Gasteiger partial charge in [0.1, 0.15) is 5.56 Å². The number of esters is 2. The first kappa shape index (κ1) is 11.4. The SMILES string of the molecule is CN(C)c1ccc2c(c1N(C)C)C(=O)OC2=O. The quantitative estimate of drug-likeness (QED) is 0.567. The van der Waals surface area contributed by atoms with E-state index in [0.29, 0.717) is 16.8 Å². The Labute approximate surface area is 99.6 Å². The average molecular weight is 234 g/mol. The summed E-state index contributed by atoms with van der Waals surface area (Å²) in [4.78, 5) is 26.9. The first-order valence-electron chi connectivity index (χ1n) is 5.21. The van der Waals surface area contributed by atoms with Crippen molar-refractivity contribution in [3.05, 3.63) is 23.3 Å². The van der Waals surface area contributed by atoms with Gasteiger partial charge < -0.3 is 14.5 Å². The van der Waals surface area contributed by atoms with Gasteiger partial charge in [0.15, 0.2) is 0 Å². The molecule has 1 aromatic carbocycles. The molecular formula is C12H14N2O3. The lowest BCUT2D eigenvalue weighted by atomic mass is 10.0. The van der Waals surface area contributed by atoms with E-state index < -0.39 is 11.9 Å². The summed E-state index contributed by atoms with van der Waals surface area (Å²) in [7, 11) is 7.44. The number of carbonyl (C=O) groups excluding carboxylic acids is 2. The Hall–Kier alpha value is -2.04. The van der Waals surface area contributed by atoms with Crippen molar-refractivity contribution in [3.63, 3.8) is 0 Å². The van der Waals surface area contributed by atoms with Gasteiger partial charge in [0.05, 0.1) is 16.9 Å². The van der Waals surface area contributed by atoms with Crippen molar-refractivity contribution < 1.29 is 14.3 Å². The standard InChI is InChI=1S/C12H14N2O3/c1-13(2)8-6-5-7-9(10(8)14(3)4)12(16)17-11(7)15/h5-6H,1-4H3. The molecule has 17 heavy (non-hydrogen) atoms. The number of ether oxygens (including phenoxy) is 1. The van der Waals surface area contributed by atoms with Crippen molar-refractivity contribution in [3.8, 4) is 0 Å². The van der Waals surface area contributed by atoms with Gasteiger partial charge in [-0.25, -0.2) is 9.59 Å². The lowest BCUT2D eigenvalue weighted by Crippen LogP contribution is -2.19. The highest BCUT2D eigenvalue weighted by atomic mass is 16.6. The van der Waals surface area contributed by atoms with Crippen molar-refractivity contribution in [1.29, 1.82) is 0 Å². The number of carbonyl (C=O) groups is 2. The Bertz CT molecular complexity index is 507. The van der Waals surface area contributed by atoms with Crippen LogP contribution in [0.1, 0.15) is 20.7 Å². The van der Waals surface area contributed by atoms with Gasteiger partial charge in [-0.05, 0) is 12.1 Å². The molecule has 0 unspecified atom stereocenters. The van der Waals surface area contributed by atoms with Crippen LogP contribution in [0.2, 0.25) is 0 Å². The lowest BCUT2D eigenvalue weighted by Gasteiger charge is -2.23. The average Bonchev–Trinajstić information content (AvgIpc) is 2.53. The first-order valence-corrected chi connectivity index (χ1v) is 5.21. The highest BCUT2D eigenvalue weighted by Crippen LogP contribution is 2.36. The van der Waals surface area contributed by atoms with Crippen LogP contribution in [-0.4, -0.2) is 40.1 Å². The van der Waals surface area contributed by atoms with Crippen LogP contribution in [0, 0.1) is 0 Å². The summed E-state index contributed by atoms with van der Waals surface area (Å²) in [5.41, 5.74) is 2.28. The molecule has 2 rings (SSSR count). The van der Waals surface area contributed by atoms with E-state index in [1.54, 1.807) is 6.07 Å². The molecule has 0 N–H and O–H groups in total. The molecule has 5 nitrogen and oxygen atoms in total. The molecule has 90 valence electrons. The monoisotopic (exact) mass is 234 g/mol. The maximum atomic E-state index is 11.7. The number of hydrogen-bond acceptors (Lipinski definition) is 5. The first-order chi connectivity index (χ1) is 7.93. The van der Waals surface area contributed by atoms with Gasteiger partial charge in [0, 0.05) is 28.2 Å². The molecular weight excluding hydrogens is 220 g/mol. The molecule has 1 aliphatic heterocycles. The summed E-state index contributed by atoms with van der Waals surface area (Å²) < 4.78 is 4.63. The molecule has 0 aromatic heterocycles. The third-order valence-corrected chi connectivity index (χ3v) is 2.70. The zero-order valence-electron chi connectivity index (χ0n) is 10.3. The van der Waals surface area contributed by atoms with Gasteiger partial charge in [0.25, 0.3) is 0 Å². The third kappa shape index (κ3) is 1.63. The molecule has 1 aliphatic rings. The minimum atomic E-state index is -0.572. The van der Waals surface area contributed by atoms with Crippen LogP contribution in [0.15, 0.2) is 12.1 Å². The summed E-state index contributed by atoms with van der Waals surface area (Å²) in [6.45, 7) is 0. The number of anilines is 2. The summed E-state index contributed by atoms with van der Waals surface area (Å²) in [5, 5.41) is 0. The lowest BCUT2D eigenvalue weighted by molar-refractivity contribution is 0.0444. The molecule has 1 aromatic rings. The Balaban J connectivity index is 2.75. The summed E-state index contributed by atoms with van der Waals surface area (Å²) in [5.74, 6) is -1.14. The second-order valence-electron chi connectivity index (χ2n) is 4.32. The zero-order valence-corrected chi connectivity index (χ0v) is 10.3. The maximum absolute atomic E-state index is 11.7. The van der Waals surface area contributed by atoms with Crippen LogP contribution >= 0.6 is 0 Å². The predicted octanol–water partition coefficient (Wildman–Crippen LogP) is 1.13. The van der Waals surface area contributed by atoms with Crippen LogP contribution in [0.3, 0.4) is 0 Å². The fourth-order valence-electron chi connectivity index (χ4n) is 1.96. The number of hydrogen-bond donors (Lipinski definition) is 0. The van der Waals surface area contributed by atoms with Gasteiger partial charge in [0.2, 0.25) is 0 Å². The van der Waals surface area contributed by atoms with Crippen LogP contribution in [0.4, 0.5) is 11.4 Å². The van der Waals surface area contributed by atoms with Gasteiger partial charge in [-0.15, -0.1) is 0 Å². The Morgan fingerprint density at radius 3 is 2.12 bits per heavy atom. The van der Waals surface area contributed by atoms with Crippen LogP contribution in [-0.2, 0) is 4.74 Å². The number of rotatable bonds is 2. The second kappa shape index (κ2) is 3.76. The Kier molecular flexibility index (Phi) is 2.53. The van der Waals surface area contributed by atoms with Crippen LogP contribution in [0.5, 0.6) is 0 Å². The number of cyclic esters (lactones) is 2. The van der Waals surface area contributed by atoms with Crippen molar-refractivity contribution in [2.75, 3.05) is 38.0 Å². The van der Waals surface area contributed by atoms with Crippen molar-refractivity contribution in [1.82, 2.24) is 0 Å². The zero-order chi connectivity index (χ0) is 12.7. The third-order valence-electron chi connectivity index (χ3n) is 2.70. The van der Waals surface area contributed by atoms with Crippen molar-refractivity contribution in [2.24, 2.45) is 0 Å². The smallest absolute Gasteiger partial charge is 0.349 e. The predicted molar refractivity (Wildman–Crippen MR) is 64.8 cm³/mol. The van der Waals surface area contributed by atoms with Crippen LogP contribution in [0.25, 0.3) is 0 Å². The van der Waals surface area contributed by atoms with E-state index in [0.717, 1.165) is 5.69 Å². The molecule has 0 amide bonds. The summed E-state index contributed by atoms with van der Waals surface area (Å²) in [6.07, 6.45) is 0. The number of benzene rings is 1. The summed E-state index contributed by atoms with van der Waals surface area (Å²) >= 11 is 0. The van der Waals surface area contributed by atoms with Crippen molar-refractivity contribution in [2.45, 2.75) is 0 Å². The van der Waals surface area contributed by atoms with E-state index in [1.165, 1.54) is 0 Å². The molecule has 0 bridgehead atoms. The second-order valence-corrected chi connectivity index (χ2v) is 4.32. The molecule has 0 aliphatic carbocycles. The van der Waals surface area contributed by atoms with E-state index in [-0.39, 0.29) is 0 Å². The van der Waals surface area contributed by atoms with E-state index >= 15 is 0 Å². The van der Waals surface area contributed by atoms with Gasteiger partial charge in [-0.2, -0.15) is 0 Å². The topological polar surface area (TPSA) is 49.9 Å². The highest BCUT2D eigenvalue weighted by Gasteiger charge is 2.34. The minimum absolute atomic E-state index is 0.337. The minimum Gasteiger partial charge on any atom is -0.386 e. The molecule has 0 radical (unpaired) electrons.